The molecule has 0 radical (unpaired) electrons. The lowest BCUT2D eigenvalue weighted by Crippen LogP contribution is -2.22. The molecule has 0 aliphatic carbocycles. The number of β-amino-alcohol motifs (C(OH)–C–C–N with tert-alkyl or cyclic N) is 1. The third-order valence-electron chi connectivity index (χ3n) is 4.16. The van der Waals surface area contributed by atoms with Crippen molar-refractivity contribution in [3.8, 4) is 0 Å². The molecule has 1 aliphatic heterocycles. The van der Waals surface area contributed by atoms with E-state index in [1.54, 1.807) is 6.07 Å². The van der Waals surface area contributed by atoms with Crippen molar-refractivity contribution in [1.29, 1.82) is 0 Å². The highest BCUT2D eigenvalue weighted by atomic mass is 16.4. The molecule has 0 saturated carbocycles. The predicted octanol–water partition coefficient (Wildman–Crippen LogP) is 1.98. The summed E-state index contributed by atoms with van der Waals surface area (Å²) in [6.07, 6.45) is 0.558. The van der Waals surface area contributed by atoms with Gasteiger partial charge in [-0.15, -0.1) is 0 Å². The van der Waals surface area contributed by atoms with Crippen LogP contribution in [0.4, 0.5) is 0 Å². The van der Waals surface area contributed by atoms with Crippen molar-refractivity contribution in [3.05, 3.63) is 45.3 Å². The Labute approximate surface area is 117 Å². The molecule has 1 saturated heterocycles. The zero-order valence-electron chi connectivity index (χ0n) is 11.8. The van der Waals surface area contributed by atoms with Gasteiger partial charge in [-0.25, -0.2) is 4.79 Å². The first kappa shape index (κ1) is 13.3. The van der Waals surface area contributed by atoms with Gasteiger partial charge in [0.1, 0.15) is 5.58 Å². The standard InChI is InChI=1S/C16H19NO3/c1-10-3-4-14-12(8-17-6-5-13(18)9-17)7-15(19)20-16(14)11(10)2/h3-4,7,13,18H,5-6,8-9H2,1-2H3/t13-/m0/s1. The lowest BCUT2D eigenvalue weighted by Gasteiger charge is -2.16. The second-order valence-electron chi connectivity index (χ2n) is 5.65. The van der Waals surface area contributed by atoms with Gasteiger partial charge in [0.2, 0.25) is 0 Å². The van der Waals surface area contributed by atoms with Crippen molar-refractivity contribution >= 4 is 11.0 Å². The van der Waals surface area contributed by atoms with Gasteiger partial charge in [0, 0.05) is 31.1 Å². The highest BCUT2D eigenvalue weighted by Gasteiger charge is 2.21. The number of hydrogen-bond donors (Lipinski definition) is 1. The van der Waals surface area contributed by atoms with Gasteiger partial charge in [-0.3, -0.25) is 4.90 Å². The van der Waals surface area contributed by atoms with E-state index in [0.29, 0.717) is 18.7 Å². The highest BCUT2D eigenvalue weighted by Crippen LogP contribution is 2.25. The molecule has 0 unspecified atom stereocenters. The van der Waals surface area contributed by atoms with E-state index in [1.807, 2.05) is 19.9 Å². The van der Waals surface area contributed by atoms with Gasteiger partial charge in [0.25, 0.3) is 0 Å². The lowest BCUT2D eigenvalue weighted by atomic mass is 10.0. The molecule has 2 aromatic rings. The second-order valence-corrected chi connectivity index (χ2v) is 5.65. The molecule has 1 aromatic heterocycles. The Bertz CT molecular complexity index is 705. The first-order valence-electron chi connectivity index (χ1n) is 6.98. The summed E-state index contributed by atoms with van der Waals surface area (Å²) >= 11 is 0. The summed E-state index contributed by atoms with van der Waals surface area (Å²) in [7, 11) is 0. The van der Waals surface area contributed by atoms with Gasteiger partial charge in [0.15, 0.2) is 0 Å². The third kappa shape index (κ3) is 2.37. The van der Waals surface area contributed by atoms with E-state index in [1.165, 1.54) is 0 Å². The molecular formula is C16H19NO3. The van der Waals surface area contributed by atoms with Crippen LogP contribution in [0, 0.1) is 13.8 Å². The number of nitrogens with zero attached hydrogens (tertiary/aromatic N) is 1. The van der Waals surface area contributed by atoms with Crippen molar-refractivity contribution in [1.82, 2.24) is 4.90 Å². The largest absolute Gasteiger partial charge is 0.422 e. The van der Waals surface area contributed by atoms with Crippen molar-refractivity contribution < 1.29 is 9.52 Å². The van der Waals surface area contributed by atoms with E-state index in [4.69, 9.17) is 4.42 Å². The highest BCUT2D eigenvalue weighted by molar-refractivity contribution is 5.83. The Morgan fingerprint density at radius 3 is 2.90 bits per heavy atom. The smallest absolute Gasteiger partial charge is 0.336 e. The van der Waals surface area contributed by atoms with Crippen LogP contribution in [-0.4, -0.2) is 29.2 Å². The number of fused-ring (bicyclic) bond motifs is 1. The van der Waals surface area contributed by atoms with E-state index < -0.39 is 0 Å². The third-order valence-corrected chi connectivity index (χ3v) is 4.16. The first-order valence-corrected chi connectivity index (χ1v) is 6.98. The molecule has 2 heterocycles. The Balaban J connectivity index is 2.06. The summed E-state index contributed by atoms with van der Waals surface area (Å²) in [4.78, 5) is 13.9. The number of likely N-dealkylation sites (tertiary alicyclic amines) is 1. The topological polar surface area (TPSA) is 53.7 Å². The molecule has 4 nitrogen and oxygen atoms in total. The minimum absolute atomic E-state index is 0.245. The molecule has 106 valence electrons. The molecule has 1 fully saturated rings. The summed E-state index contributed by atoms with van der Waals surface area (Å²) in [5, 5.41) is 10.6. The molecule has 0 bridgehead atoms. The maximum Gasteiger partial charge on any atom is 0.336 e. The Hall–Kier alpha value is -1.65. The minimum atomic E-state index is -0.305. The zero-order valence-corrected chi connectivity index (χ0v) is 11.8. The van der Waals surface area contributed by atoms with Crippen LogP contribution in [0.5, 0.6) is 0 Å². The molecule has 1 aliphatic rings. The number of aryl methyl sites for hydroxylation is 2. The van der Waals surface area contributed by atoms with E-state index in [9.17, 15) is 9.90 Å². The summed E-state index contributed by atoms with van der Waals surface area (Å²) in [6, 6.07) is 5.64. The van der Waals surface area contributed by atoms with Crippen LogP contribution >= 0.6 is 0 Å². The minimum Gasteiger partial charge on any atom is -0.422 e. The van der Waals surface area contributed by atoms with E-state index in [-0.39, 0.29) is 11.7 Å². The monoisotopic (exact) mass is 273 g/mol. The number of rotatable bonds is 2. The van der Waals surface area contributed by atoms with Crippen molar-refractivity contribution in [2.75, 3.05) is 13.1 Å². The Morgan fingerprint density at radius 1 is 1.40 bits per heavy atom. The lowest BCUT2D eigenvalue weighted by molar-refractivity contribution is 0.175. The van der Waals surface area contributed by atoms with Gasteiger partial charge < -0.3 is 9.52 Å². The predicted molar refractivity (Wildman–Crippen MR) is 77.9 cm³/mol. The molecule has 4 heteroatoms. The SMILES string of the molecule is Cc1ccc2c(CN3CC[C@H](O)C3)cc(=O)oc2c1C. The van der Waals surface area contributed by atoms with Crippen LogP contribution in [0.15, 0.2) is 27.4 Å². The fourth-order valence-electron chi connectivity index (χ4n) is 2.85. The van der Waals surface area contributed by atoms with Gasteiger partial charge in [-0.1, -0.05) is 12.1 Å². The zero-order chi connectivity index (χ0) is 14.3. The second kappa shape index (κ2) is 5.04. The van der Waals surface area contributed by atoms with Crippen LogP contribution in [-0.2, 0) is 6.54 Å². The van der Waals surface area contributed by atoms with E-state index in [2.05, 4.69) is 11.0 Å². The van der Waals surface area contributed by atoms with Gasteiger partial charge in [-0.2, -0.15) is 0 Å². The quantitative estimate of drug-likeness (QED) is 0.850. The molecule has 1 N–H and O–H groups in total. The maximum absolute atomic E-state index is 11.8. The number of benzene rings is 1. The van der Waals surface area contributed by atoms with Crippen LogP contribution in [0.1, 0.15) is 23.1 Å². The molecule has 0 spiro atoms. The number of aliphatic hydroxyl groups is 1. The Kier molecular flexibility index (Phi) is 3.36. The van der Waals surface area contributed by atoms with E-state index >= 15 is 0 Å². The Morgan fingerprint density at radius 2 is 2.20 bits per heavy atom. The maximum atomic E-state index is 11.8. The summed E-state index contributed by atoms with van der Waals surface area (Å²) < 4.78 is 5.38. The average molecular weight is 273 g/mol. The van der Waals surface area contributed by atoms with Crippen molar-refractivity contribution in [2.24, 2.45) is 0 Å². The van der Waals surface area contributed by atoms with Crippen molar-refractivity contribution in [2.45, 2.75) is 32.9 Å². The molecule has 1 aromatic carbocycles. The van der Waals surface area contributed by atoms with Crippen LogP contribution in [0.2, 0.25) is 0 Å². The van der Waals surface area contributed by atoms with Gasteiger partial charge in [-0.05, 0) is 37.0 Å². The molecule has 3 rings (SSSR count). The van der Waals surface area contributed by atoms with Crippen molar-refractivity contribution in [3.63, 3.8) is 0 Å². The normalized spacial score (nSPS) is 19.9. The van der Waals surface area contributed by atoms with Gasteiger partial charge >= 0.3 is 5.63 Å². The average Bonchev–Trinajstić information content (AvgIpc) is 2.80. The molecule has 20 heavy (non-hydrogen) atoms. The fraction of sp³-hybridized carbons (Fsp3) is 0.438. The van der Waals surface area contributed by atoms with Crippen LogP contribution in [0.3, 0.4) is 0 Å². The summed E-state index contributed by atoms with van der Waals surface area (Å²) in [5.41, 5.74) is 3.50. The first-order chi connectivity index (χ1) is 9.54. The summed E-state index contributed by atoms with van der Waals surface area (Å²) in [6.45, 7) is 6.21. The van der Waals surface area contributed by atoms with E-state index in [0.717, 1.165) is 35.0 Å². The molecule has 0 amide bonds. The molecular weight excluding hydrogens is 254 g/mol. The van der Waals surface area contributed by atoms with Crippen LogP contribution in [0.25, 0.3) is 11.0 Å². The number of aliphatic hydroxyl groups excluding tert-OH is 1. The number of hydrogen-bond acceptors (Lipinski definition) is 4. The van der Waals surface area contributed by atoms with Crippen LogP contribution < -0.4 is 5.63 Å². The molecule has 1 atom stereocenters. The fourth-order valence-corrected chi connectivity index (χ4v) is 2.85. The summed E-state index contributed by atoms with van der Waals surface area (Å²) in [5.74, 6) is 0. The van der Waals surface area contributed by atoms with Gasteiger partial charge in [0.05, 0.1) is 6.10 Å².